The van der Waals surface area contributed by atoms with Crippen LogP contribution in [0.4, 0.5) is 0 Å². The fourth-order valence-corrected chi connectivity index (χ4v) is 2.89. The number of phenolic OH excluding ortho intramolecular Hbond substituents is 2. The first kappa shape index (κ1) is 15.1. The number of benzene rings is 2. The molecule has 1 aliphatic rings. The molecule has 2 aromatic carbocycles. The van der Waals surface area contributed by atoms with Crippen molar-refractivity contribution in [1.82, 2.24) is 0 Å². The smallest absolute Gasteiger partial charge is 0.190 e. The SMILES string of the molecule is CCc1c(O)c(O)c(CC)c2c1Oc1ccc(Cl)c(Cl)c1O2. The van der Waals surface area contributed by atoms with Gasteiger partial charge in [0, 0.05) is 11.1 Å². The molecule has 2 aromatic rings. The molecule has 22 heavy (non-hydrogen) atoms. The van der Waals surface area contributed by atoms with Crippen molar-refractivity contribution in [2.24, 2.45) is 0 Å². The van der Waals surface area contributed by atoms with Crippen molar-refractivity contribution in [1.29, 1.82) is 0 Å². The van der Waals surface area contributed by atoms with Crippen molar-refractivity contribution in [3.63, 3.8) is 0 Å². The molecule has 6 heteroatoms. The Balaban J connectivity index is 2.28. The minimum Gasteiger partial charge on any atom is -0.504 e. The van der Waals surface area contributed by atoms with Crippen LogP contribution in [-0.4, -0.2) is 10.2 Å². The van der Waals surface area contributed by atoms with Gasteiger partial charge in [0.1, 0.15) is 5.02 Å². The van der Waals surface area contributed by atoms with E-state index in [1.54, 1.807) is 12.1 Å². The van der Waals surface area contributed by atoms with Gasteiger partial charge in [-0.1, -0.05) is 37.0 Å². The van der Waals surface area contributed by atoms with Crippen LogP contribution in [0.3, 0.4) is 0 Å². The predicted molar refractivity (Wildman–Crippen MR) is 85.1 cm³/mol. The third kappa shape index (κ3) is 2.06. The van der Waals surface area contributed by atoms with E-state index in [1.165, 1.54) is 0 Å². The average molecular weight is 341 g/mol. The molecule has 0 amide bonds. The molecule has 0 radical (unpaired) electrons. The van der Waals surface area contributed by atoms with E-state index in [9.17, 15) is 10.2 Å². The largest absolute Gasteiger partial charge is 0.504 e. The zero-order valence-electron chi connectivity index (χ0n) is 12.0. The molecule has 3 rings (SSSR count). The highest BCUT2D eigenvalue weighted by atomic mass is 35.5. The third-order valence-electron chi connectivity index (χ3n) is 3.69. The molecular formula is C16H14Cl2O4. The maximum absolute atomic E-state index is 10.2. The Labute approximate surface area is 137 Å². The second-order valence-corrected chi connectivity index (χ2v) is 5.70. The number of ether oxygens (including phenoxy) is 2. The number of aromatic hydroxyl groups is 2. The Kier molecular flexibility index (Phi) is 3.75. The van der Waals surface area contributed by atoms with Crippen LogP contribution in [0.25, 0.3) is 0 Å². The molecule has 2 N–H and O–H groups in total. The first-order valence-electron chi connectivity index (χ1n) is 6.92. The summed E-state index contributed by atoms with van der Waals surface area (Å²) < 4.78 is 11.8. The summed E-state index contributed by atoms with van der Waals surface area (Å²) in [6.07, 6.45) is 0.939. The van der Waals surface area contributed by atoms with Crippen LogP contribution in [0.2, 0.25) is 10.0 Å². The lowest BCUT2D eigenvalue weighted by molar-refractivity contribution is 0.336. The van der Waals surface area contributed by atoms with Gasteiger partial charge in [0.15, 0.2) is 34.5 Å². The van der Waals surface area contributed by atoms with Gasteiger partial charge in [-0.05, 0) is 25.0 Å². The van der Waals surface area contributed by atoms with Gasteiger partial charge in [0.2, 0.25) is 0 Å². The molecular weight excluding hydrogens is 327 g/mol. The lowest BCUT2D eigenvalue weighted by atomic mass is 10.0. The van der Waals surface area contributed by atoms with E-state index < -0.39 is 0 Å². The van der Waals surface area contributed by atoms with Gasteiger partial charge >= 0.3 is 0 Å². The first-order valence-corrected chi connectivity index (χ1v) is 7.68. The predicted octanol–water partition coefficient (Wildman–Crippen LogP) is 5.43. The Bertz CT molecular complexity index is 772. The second kappa shape index (κ2) is 5.45. The van der Waals surface area contributed by atoms with E-state index in [0.717, 1.165) is 0 Å². The summed E-state index contributed by atoms with van der Waals surface area (Å²) >= 11 is 12.2. The van der Waals surface area contributed by atoms with E-state index in [2.05, 4.69) is 0 Å². The minimum absolute atomic E-state index is 0.176. The number of phenols is 2. The second-order valence-electron chi connectivity index (χ2n) is 4.91. The van der Waals surface area contributed by atoms with Crippen molar-refractivity contribution in [3.8, 4) is 34.5 Å². The molecule has 0 atom stereocenters. The Hall–Kier alpha value is -1.78. The summed E-state index contributed by atoms with van der Waals surface area (Å²) in [4.78, 5) is 0. The van der Waals surface area contributed by atoms with Crippen molar-refractivity contribution in [2.45, 2.75) is 26.7 Å². The van der Waals surface area contributed by atoms with E-state index in [0.29, 0.717) is 52.0 Å². The Morgan fingerprint density at radius 1 is 0.864 bits per heavy atom. The Morgan fingerprint density at radius 2 is 1.41 bits per heavy atom. The van der Waals surface area contributed by atoms with E-state index in [1.807, 2.05) is 13.8 Å². The molecule has 0 saturated carbocycles. The maximum atomic E-state index is 10.2. The molecule has 116 valence electrons. The molecule has 1 aliphatic heterocycles. The summed E-state index contributed by atoms with van der Waals surface area (Å²) in [5.41, 5.74) is 0.952. The molecule has 0 spiro atoms. The highest BCUT2D eigenvalue weighted by Gasteiger charge is 2.31. The Morgan fingerprint density at radius 3 is 1.95 bits per heavy atom. The standard InChI is InChI=1S/C16H14Cl2O4/c1-3-7-12(19)13(20)8(4-2)15-14(7)21-10-6-5-9(17)11(18)16(10)22-15/h5-6,19-20H,3-4H2,1-2H3. The normalized spacial score (nSPS) is 12.2. The molecule has 0 bridgehead atoms. The van der Waals surface area contributed by atoms with Crippen LogP contribution in [-0.2, 0) is 12.8 Å². The molecule has 0 aliphatic carbocycles. The van der Waals surface area contributed by atoms with Crippen molar-refractivity contribution in [3.05, 3.63) is 33.3 Å². The number of fused-ring (bicyclic) bond motifs is 2. The lowest BCUT2D eigenvalue weighted by Crippen LogP contribution is -2.06. The summed E-state index contributed by atoms with van der Waals surface area (Å²) in [7, 11) is 0. The van der Waals surface area contributed by atoms with E-state index in [-0.39, 0.29) is 16.5 Å². The van der Waals surface area contributed by atoms with Crippen molar-refractivity contribution >= 4 is 23.2 Å². The van der Waals surface area contributed by atoms with Gasteiger partial charge in [-0.15, -0.1) is 0 Å². The lowest BCUT2D eigenvalue weighted by Gasteiger charge is -2.26. The van der Waals surface area contributed by atoms with Gasteiger partial charge in [-0.3, -0.25) is 0 Å². The quantitative estimate of drug-likeness (QED) is 0.611. The van der Waals surface area contributed by atoms with Gasteiger partial charge in [0.25, 0.3) is 0 Å². The van der Waals surface area contributed by atoms with Crippen molar-refractivity contribution in [2.75, 3.05) is 0 Å². The van der Waals surface area contributed by atoms with Crippen LogP contribution < -0.4 is 9.47 Å². The molecule has 0 unspecified atom stereocenters. The fourth-order valence-electron chi connectivity index (χ4n) is 2.55. The average Bonchev–Trinajstić information content (AvgIpc) is 2.52. The zero-order valence-corrected chi connectivity index (χ0v) is 13.5. The fraction of sp³-hybridized carbons (Fsp3) is 0.250. The summed E-state index contributed by atoms with van der Waals surface area (Å²) in [6.45, 7) is 3.70. The number of hydrogen-bond donors (Lipinski definition) is 2. The molecule has 0 saturated heterocycles. The number of hydrogen-bond acceptors (Lipinski definition) is 4. The van der Waals surface area contributed by atoms with Crippen LogP contribution >= 0.6 is 23.2 Å². The summed E-state index contributed by atoms with van der Waals surface area (Å²) in [5, 5.41) is 21.0. The topological polar surface area (TPSA) is 58.9 Å². The van der Waals surface area contributed by atoms with Crippen LogP contribution in [0.15, 0.2) is 12.1 Å². The van der Waals surface area contributed by atoms with Gasteiger partial charge in [0.05, 0.1) is 5.02 Å². The summed E-state index contributed by atoms with van der Waals surface area (Å²) in [6, 6.07) is 3.27. The van der Waals surface area contributed by atoms with E-state index in [4.69, 9.17) is 32.7 Å². The molecule has 1 heterocycles. The first-order chi connectivity index (χ1) is 10.5. The van der Waals surface area contributed by atoms with Gasteiger partial charge in [-0.25, -0.2) is 0 Å². The number of halogens is 2. The van der Waals surface area contributed by atoms with Crippen LogP contribution in [0.1, 0.15) is 25.0 Å². The van der Waals surface area contributed by atoms with E-state index >= 15 is 0 Å². The third-order valence-corrected chi connectivity index (χ3v) is 4.47. The maximum Gasteiger partial charge on any atom is 0.190 e. The molecule has 0 aromatic heterocycles. The number of rotatable bonds is 2. The van der Waals surface area contributed by atoms with Gasteiger partial charge < -0.3 is 19.7 Å². The zero-order chi connectivity index (χ0) is 16.0. The van der Waals surface area contributed by atoms with Crippen molar-refractivity contribution < 1.29 is 19.7 Å². The highest BCUT2D eigenvalue weighted by Crippen LogP contribution is 2.57. The van der Waals surface area contributed by atoms with Gasteiger partial charge in [-0.2, -0.15) is 0 Å². The van der Waals surface area contributed by atoms with Crippen LogP contribution in [0.5, 0.6) is 34.5 Å². The molecule has 0 fully saturated rings. The van der Waals surface area contributed by atoms with Crippen LogP contribution in [0, 0.1) is 0 Å². The minimum atomic E-state index is -0.191. The highest BCUT2D eigenvalue weighted by molar-refractivity contribution is 6.43. The monoisotopic (exact) mass is 340 g/mol. The molecule has 4 nitrogen and oxygen atoms in total. The summed E-state index contributed by atoms with van der Waals surface area (Å²) in [5.74, 6) is 1.13.